The number of aryl methyl sites for hydroxylation is 2. The second-order valence-corrected chi connectivity index (χ2v) is 6.11. The van der Waals surface area contributed by atoms with Crippen LogP contribution in [0.3, 0.4) is 0 Å². The first-order valence-electron chi connectivity index (χ1n) is 6.02. The van der Waals surface area contributed by atoms with E-state index in [-0.39, 0.29) is 5.92 Å². The minimum absolute atomic E-state index is 0.255. The van der Waals surface area contributed by atoms with Gasteiger partial charge in [0.15, 0.2) is 0 Å². The van der Waals surface area contributed by atoms with Crippen molar-refractivity contribution >= 4 is 39.1 Å². The second kappa shape index (κ2) is 6.29. The third-order valence-electron chi connectivity index (χ3n) is 3.23. The Morgan fingerprint density at radius 1 is 1.32 bits per heavy atom. The molecule has 0 spiro atoms. The van der Waals surface area contributed by atoms with Gasteiger partial charge in [0, 0.05) is 23.9 Å². The highest BCUT2D eigenvalue weighted by Crippen LogP contribution is 2.28. The second-order valence-electron chi connectivity index (χ2n) is 4.58. The van der Waals surface area contributed by atoms with Crippen LogP contribution in [0.1, 0.15) is 22.9 Å². The maximum atomic E-state index is 6.13. The molecule has 1 aromatic carbocycles. The van der Waals surface area contributed by atoms with Gasteiger partial charge in [-0.1, -0.05) is 23.7 Å². The zero-order valence-corrected chi connectivity index (χ0v) is 13.9. The van der Waals surface area contributed by atoms with E-state index in [1.807, 2.05) is 42.9 Å². The van der Waals surface area contributed by atoms with E-state index in [2.05, 4.69) is 21.0 Å². The van der Waals surface area contributed by atoms with E-state index in [0.717, 1.165) is 27.3 Å². The van der Waals surface area contributed by atoms with Crippen molar-refractivity contribution in [3.8, 4) is 0 Å². The zero-order valence-electron chi connectivity index (χ0n) is 10.8. The Balaban J connectivity index is 2.26. The summed E-state index contributed by atoms with van der Waals surface area (Å²) in [5, 5.41) is 5.16. The van der Waals surface area contributed by atoms with Crippen molar-refractivity contribution in [2.45, 2.75) is 19.3 Å². The van der Waals surface area contributed by atoms with E-state index >= 15 is 0 Å². The summed E-state index contributed by atoms with van der Waals surface area (Å²) in [5.41, 5.74) is 3.37. The van der Waals surface area contributed by atoms with E-state index in [1.54, 1.807) is 0 Å². The highest BCUT2D eigenvalue weighted by Gasteiger charge is 2.17. The molecule has 1 aromatic heterocycles. The van der Waals surface area contributed by atoms with Crippen LogP contribution in [0.5, 0.6) is 0 Å². The normalized spacial score (nSPS) is 12.7. The Hall–Kier alpha value is -0.510. The smallest absolute Gasteiger partial charge is 0.0738 e. The number of nitrogens with zero attached hydrogens (tertiary/aromatic N) is 2. The summed E-state index contributed by atoms with van der Waals surface area (Å²) < 4.78 is 2.98. The van der Waals surface area contributed by atoms with Crippen molar-refractivity contribution in [2.75, 3.05) is 5.88 Å². The fourth-order valence-electron chi connectivity index (χ4n) is 2.13. The van der Waals surface area contributed by atoms with Gasteiger partial charge in [-0.3, -0.25) is 4.68 Å². The van der Waals surface area contributed by atoms with Gasteiger partial charge in [0.05, 0.1) is 15.9 Å². The molecular weight excluding hydrogens is 347 g/mol. The lowest BCUT2D eigenvalue weighted by atomic mass is 9.96. The fraction of sp³-hybridized carbons (Fsp3) is 0.357. The molecule has 1 atom stereocenters. The van der Waals surface area contributed by atoms with Crippen LogP contribution >= 0.6 is 39.1 Å². The summed E-state index contributed by atoms with van der Waals surface area (Å²) in [6.07, 6.45) is 0.850. The molecule has 5 heteroatoms. The van der Waals surface area contributed by atoms with Crippen LogP contribution in [0.2, 0.25) is 5.02 Å². The molecule has 0 saturated heterocycles. The Morgan fingerprint density at radius 2 is 1.95 bits per heavy atom. The van der Waals surface area contributed by atoms with Crippen LogP contribution in [-0.2, 0) is 13.5 Å². The van der Waals surface area contributed by atoms with Crippen LogP contribution in [0.4, 0.5) is 0 Å². The fourth-order valence-corrected chi connectivity index (χ4v) is 3.04. The van der Waals surface area contributed by atoms with E-state index in [0.29, 0.717) is 5.88 Å². The quantitative estimate of drug-likeness (QED) is 0.721. The maximum Gasteiger partial charge on any atom is 0.0738 e. The molecule has 0 N–H and O–H groups in total. The molecule has 102 valence electrons. The Labute approximate surface area is 131 Å². The van der Waals surface area contributed by atoms with E-state index in [9.17, 15) is 0 Å². The minimum Gasteiger partial charge on any atom is -0.271 e. The predicted molar refractivity (Wildman–Crippen MR) is 84.3 cm³/mol. The van der Waals surface area contributed by atoms with Crippen LogP contribution in [-0.4, -0.2) is 15.7 Å². The van der Waals surface area contributed by atoms with Crippen LogP contribution in [0, 0.1) is 6.92 Å². The summed E-state index contributed by atoms with van der Waals surface area (Å²) in [7, 11) is 1.96. The zero-order chi connectivity index (χ0) is 14.0. The lowest BCUT2D eigenvalue weighted by Crippen LogP contribution is -2.09. The molecule has 1 unspecified atom stereocenters. The van der Waals surface area contributed by atoms with Crippen molar-refractivity contribution in [1.29, 1.82) is 0 Å². The molecule has 19 heavy (non-hydrogen) atoms. The summed E-state index contributed by atoms with van der Waals surface area (Å²) in [6, 6.07) is 7.87. The molecule has 0 aliphatic carbocycles. The first-order chi connectivity index (χ1) is 9.02. The number of halogens is 3. The van der Waals surface area contributed by atoms with Gasteiger partial charge in [-0.15, -0.1) is 11.6 Å². The van der Waals surface area contributed by atoms with Crippen LogP contribution in [0.15, 0.2) is 28.7 Å². The predicted octanol–water partition coefficient (Wildman–Crippen LogP) is 4.71. The van der Waals surface area contributed by atoms with Gasteiger partial charge in [-0.05, 0) is 47.0 Å². The van der Waals surface area contributed by atoms with E-state index in [1.165, 1.54) is 5.56 Å². The average Bonchev–Trinajstić information content (AvgIpc) is 2.63. The Kier molecular flexibility index (Phi) is 4.93. The summed E-state index contributed by atoms with van der Waals surface area (Å²) in [4.78, 5) is 0. The molecule has 2 nitrogen and oxygen atoms in total. The Morgan fingerprint density at radius 3 is 2.42 bits per heavy atom. The van der Waals surface area contributed by atoms with E-state index < -0.39 is 0 Å². The van der Waals surface area contributed by atoms with Crippen molar-refractivity contribution in [1.82, 2.24) is 9.78 Å². The van der Waals surface area contributed by atoms with Crippen molar-refractivity contribution < 1.29 is 0 Å². The van der Waals surface area contributed by atoms with Gasteiger partial charge in [0.25, 0.3) is 0 Å². The monoisotopic (exact) mass is 360 g/mol. The number of aromatic nitrogens is 2. The Bertz CT molecular complexity index is 564. The molecule has 0 saturated carbocycles. The average molecular weight is 362 g/mol. The van der Waals surface area contributed by atoms with Crippen molar-refractivity contribution in [3.63, 3.8) is 0 Å². The molecular formula is C14H15BrCl2N2. The maximum absolute atomic E-state index is 6.13. The highest BCUT2D eigenvalue weighted by atomic mass is 79.9. The SMILES string of the molecule is Cc1nn(C)c(CC(CCl)c2ccc(Cl)cc2)c1Br. The van der Waals surface area contributed by atoms with Crippen LogP contribution in [0.25, 0.3) is 0 Å². The minimum atomic E-state index is 0.255. The largest absolute Gasteiger partial charge is 0.271 e. The van der Waals surface area contributed by atoms with Crippen LogP contribution < -0.4 is 0 Å². The molecule has 1 heterocycles. The third-order valence-corrected chi connectivity index (χ3v) is 4.89. The molecule has 0 aliphatic rings. The third kappa shape index (κ3) is 3.33. The first-order valence-corrected chi connectivity index (χ1v) is 7.73. The molecule has 0 bridgehead atoms. The van der Waals surface area contributed by atoms with Gasteiger partial charge < -0.3 is 0 Å². The molecule has 0 amide bonds. The lowest BCUT2D eigenvalue weighted by molar-refractivity contribution is 0.656. The lowest BCUT2D eigenvalue weighted by Gasteiger charge is -2.15. The summed E-state index contributed by atoms with van der Waals surface area (Å²) in [5.74, 6) is 0.822. The molecule has 2 rings (SSSR count). The summed E-state index contributed by atoms with van der Waals surface area (Å²) in [6.45, 7) is 1.99. The number of hydrogen-bond acceptors (Lipinski definition) is 1. The number of hydrogen-bond donors (Lipinski definition) is 0. The molecule has 0 aliphatic heterocycles. The van der Waals surface area contributed by atoms with Gasteiger partial charge in [0.2, 0.25) is 0 Å². The van der Waals surface area contributed by atoms with Gasteiger partial charge in [-0.2, -0.15) is 5.10 Å². The number of benzene rings is 1. The van der Waals surface area contributed by atoms with Crippen molar-refractivity contribution in [3.05, 3.63) is 50.7 Å². The topological polar surface area (TPSA) is 17.8 Å². The molecule has 0 radical (unpaired) electrons. The van der Waals surface area contributed by atoms with E-state index in [4.69, 9.17) is 23.2 Å². The molecule has 0 fully saturated rings. The standard InChI is InChI=1S/C14H15BrCl2N2/c1-9-14(15)13(19(2)18-9)7-11(8-16)10-3-5-12(17)6-4-10/h3-6,11H,7-8H2,1-2H3. The van der Waals surface area contributed by atoms with Gasteiger partial charge >= 0.3 is 0 Å². The first kappa shape index (κ1) is 14.9. The number of rotatable bonds is 4. The van der Waals surface area contributed by atoms with Crippen molar-refractivity contribution in [2.24, 2.45) is 7.05 Å². The van der Waals surface area contributed by atoms with Gasteiger partial charge in [0.1, 0.15) is 0 Å². The highest BCUT2D eigenvalue weighted by molar-refractivity contribution is 9.10. The number of alkyl halides is 1. The summed E-state index contributed by atoms with van der Waals surface area (Å²) >= 11 is 15.6. The van der Waals surface area contributed by atoms with Gasteiger partial charge in [-0.25, -0.2) is 0 Å². The molecule has 2 aromatic rings.